The number of carbonyl (C=O) groups is 2. The minimum atomic E-state index is -0.0622. The van der Waals surface area contributed by atoms with E-state index in [0.29, 0.717) is 25.8 Å². The minimum Gasteiger partial charge on any atom is -0.356 e. The molecule has 0 saturated heterocycles. The van der Waals surface area contributed by atoms with E-state index in [2.05, 4.69) is 34.6 Å². The molecule has 0 aliphatic rings. The van der Waals surface area contributed by atoms with Gasteiger partial charge in [-0.05, 0) is 29.7 Å². The smallest absolute Gasteiger partial charge is 0.216 e. The van der Waals surface area contributed by atoms with Crippen LogP contribution in [0.2, 0.25) is 0 Å². The number of ketones is 1. The maximum Gasteiger partial charge on any atom is 0.216 e. The molecule has 2 aromatic carbocycles. The number of hydrogen-bond acceptors (Lipinski definition) is 4. The SMILES string of the molecule is CC(=O)NCCCC(=O)Cc1nc2ccc(-c3ccccc3)cc2s1. The predicted octanol–water partition coefficient (Wildman–Crippen LogP) is 3.99. The Morgan fingerprint density at radius 1 is 1.08 bits per heavy atom. The molecule has 0 fully saturated rings. The summed E-state index contributed by atoms with van der Waals surface area (Å²) in [7, 11) is 0. The Hall–Kier alpha value is -2.53. The number of hydrogen-bond donors (Lipinski definition) is 1. The van der Waals surface area contributed by atoms with E-state index >= 15 is 0 Å². The first-order chi connectivity index (χ1) is 12.1. The molecule has 25 heavy (non-hydrogen) atoms. The van der Waals surface area contributed by atoms with Crippen molar-refractivity contribution in [3.8, 4) is 11.1 Å². The molecule has 1 N–H and O–H groups in total. The monoisotopic (exact) mass is 352 g/mol. The Morgan fingerprint density at radius 2 is 1.88 bits per heavy atom. The van der Waals surface area contributed by atoms with Crippen molar-refractivity contribution in [3.63, 3.8) is 0 Å². The molecule has 0 unspecified atom stereocenters. The molecule has 1 amide bonds. The highest BCUT2D eigenvalue weighted by atomic mass is 32.1. The molecule has 0 bridgehead atoms. The summed E-state index contributed by atoms with van der Waals surface area (Å²) < 4.78 is 1.10. The van der Waals surface area contributed by atoms with Gasteiger partial charge in [0.15, 0.2) is 0 Å². The molecule has 5 heteroatoms. The third-order valence-corrected chi connectivity index (χ3v) is 4.91. The standard InChI is InChI=1S/C20H20N2O2S/c1-14(23)21-11-5-8-17(24)13-20-22-18-10-9-16(12-19(18)25-20)15-6-3-2-4-7-15/h2-4,6-7,9-10,12H,5,8,11,13H2,1H3,(H,21,23). The number of nitrogens with zero attached hydrogens (tertiary/aromatic N) is 1. The zero-order chi connectivity index (χ0) is 17.6. The lowest BCUT2D eigenvalue weighted by atomic mass is 10.1. The van der Waals surface area contributed by atoms with Gasteiger partial charge in [0.2, 0.25) is 5.91 Å². The molecule has 0 aliphatic heterocycles. The Labute approximate surface area is 150 Å². The second-order valence-corrected chi connectivity index (χ2v) is 7.07. The number of carbonyl (C=O) groups excluding carboxylic acids is 2. The van der Waals surface area contributed by atoms with Crippen LogP contribution in [0.15, 0.2) is 48.5 Å². The van der Waals surface area contributed by atoms with E-state index in [1.54, 1.807) is 11.3 Å². The van der Waals surface area contributed by atoms with Gasteiger partial charge >= 0.3 is 0 Å². The predicted molar refractivity (Wildman–Crippen MR) is 102 cm³/mol. The first-order valence-electron chi connectivity index (χ1n) is 8.33. The Kier molecular flexibility index (Phi) is 5.56. The normalized spacial score (nSPS) is 10.8. The number of aromatic nitrogens is 1. The van der Waals surface area contributed by atoms with Gasteiger partial charge in [-0.2, -0.15) is 0 Å². The summed E-state index contributed by atoms with van der Waals surface area (Å²) in [5.41, 5.74) is 3.27. The van der Waals surface area contributed by atoms with Gasteiger partial charge in [0, 0.05) is 19.9 Å². The molecule has 1 aromatic heterocycles. The lowest BCUT2D eigenvalue weighted by Crippen LogP contribution is -2.21. The molecule has 0 aliphatic carbocycles. The van der Waals surface area contributed by atoms with Crippen molar-refractivity contribution < 1.29 is 9.59 Å². The summed E-state index contributed by atoms with van der Waals surface area (Å²) >= 11 is 1.58. The van der Waals surface area contributed by atoms with Gasteiger partial charge in [-0.15, -0.1) is 11.3 Å². The first-order valence-corrected chi connectivity index (χ1v) is 9.14. The van der Waals surface area contributed by atoms with Crippen LogP contribution in [0.25, 0.3) is 21.3 Å². The number of thiazole rings is 1. The molecular formula is C20H20N2O2S. The summed E-state index contributed by atoms with van der Waals surface area (Å²) in [6, 6.07) is 16.4. The van der Waals surface area contributed by atoms with Crippen LogP contribution in [0.4, 0.5) is 0 Å². The molecule has 0 saturated carbocycles. The van der Waals surface area contributed by atoms with E-state index in [1.165, 1.54) is 12.5 Å². The molecule has 128 valence electrons. The van der Waals surface area contributed by atoms with Crippen molar-refractivity contribution in [2.24, 2.45) is 0 Å². The zero-order valence-electron chi connectivity index (χ0n) is 14.1. The van der Waals surface area contributed by atoms with Crippen molar-refractivity contribution in [1.29, 1.82) is 0 Å². The summed E-state index contributed by atoms with van der Waals surface area (Å²) in [4.78, 5) is 27.5. The molecule has 1 heterocycles. The fraction of sp³-hybridized carbons (Fsp3) is 0.250. The van der Waals surface area contributed by atoms with Gasteiger partial charge in [0.1, 0.15) is 10.8 Å². The summed E-state index contributed by atoms with van der Waals surface area (Å²) in [6.07, 6.45) is 1.49. The van der Waals surface area contributed by atoms with E-state index < -0.39 is 0 Å². The van der Waals surface area contributed by atoms with Gasteiger partial charge < -0.3 is 5.32 Å². The van der Waals surface area contributed by atoms with Crippen LogP contribution in [0.3, 0.4) is 0 Å². The van der Waals surface area contributed by atoms with Gasteiger partial charge in [-0.3, -0.25) is 9.59 Å². The first kappa shape index (κ1) is 17.3. The zero-order valence-corrected chi connectivity index (χ0v) is 14.9. The van der Waals surface area contributed by atoms with Gasteiger partial charge in [-0.25, -0.2) is 4.98 Å². The third kappa shape index (κ3) is 4.73. The Bertz CT molecular complexity index is 887. The van der Waals surface area contributed by atoms with Crippen molar-refractivity contribution in [2.75, 3.05) is 6.54 Å². The van der Waals surface area contributed by atoms with Gasteiger partial charge in [0.05, 0.1) is 16.6 Å². The van der Waals surface area contributed by atoms with E-state index in [4.69, 9.17) is 0 Å². The number of Topliss-reactive ketones (excluding diaryl/α,β-unsaturated/α-hetero) is 1. The largest absolute Gasteiger partial charge is 0.356 e. The minimum absolute atomic E-state index is 0.0622. The number of fused-ring (bicyclic) bond motifs is 1. The van der Waals surface area contributed by atoms with E-state index in [1.807, 2.05) is 24.3 Å². The van der Waals surface area contributed by atoms with E-state index in [-0.39, 0.29) is 11.7 Å². The van der Waals surface area contributed by atoms with Crippen LogP contribution < -0.4 is 5.32 Å². The molecule has 4 nitrogen and oxygen atoms in total. The number of rotatable bonds is 7. The lowest BCUT2D eigenvalue weighted by molar-refractivity contribution is -0.120. The topological polar surface area (TPSA) is 59.1 Å². The Balaban J connectivity index is 1.65. The van der Waals surface area contributed by atoms with E-state index in [9.17, 15) is 9.59 Å². The molecule has 0 radical (unpaired) electrons. The van der Waals surface area contributed by atoms with Crippen LogP contribution >= 0.6 is 11.3 Å². The number of benzene rings is 2. The molecule has 3 rings (SSSR count). The third-order valence-electron chi connectivity index (χ3n) is 3.89. The van der Waals surface area contributed by atoms with Crippen molar-refractivity contribution >= 4 is 33.2 Å². The molecule has 3 aromatic rings. The highest BCUT2D eigenvalue weighted by Gasteiger charge is 2.10. The van der Waals surface area contributed by atoms with Crippen LogP contribution in [0.1, 0.15) is 24.8 Å². The summed E-state index contributed by atoms with van der Waals surface area (Å²) in [5.74, 6) is 0.0977. The number of amides is 1. The van der Waals surface area contributed by atoms with Crippen LogP contribution in [-0.4, -0.2) is 23.2 Å². The average Bonchev–Trinajstić information content (AvgIpc) is 3.00. The van der Waals surface area contributed by atoms with Crippen LogP contribution in [-0.2, 0) is 16.0 Å². The molecule has 0 spiro atoms. The fourth-order valence-electron chi connectivity index (χ4n) is 2.67. The number of nitrogens with one attached hydrogen (secondary N) is 1. The average molecular weight is 352 g/mol. The maximum atomic E-state index is 12.1. The summed E-state index contributed by atoms with van der Waals surface area (Å²) in [5, 5.41) is 3.56. The second kappa shape index (κ2) is 8.03. The maximum absolute atomic E-state index is 12.1. The second-order valence-electron chi connectivity index (χ2n) is 5.96. The Morgan fingerprint density at radius 3 is 2.64 bits per heavy atom. The van der Waals surface area contributed by atoms with Crippen molar-refractivity contribution in [3.05, 3.63) is 53.5 Å². The highest BCUT2D eigenvalue weighted by Crippen LogP contribution is 2.28. The van der Waals surface area contributed by atoms with Crippen molar-refractivity contribution in [1.82, 2.24) is 10.3 Å². The van der Waals surface area contributed by atoms with Gasteiger partial charge in [0.25, 0.3) is 0 Å². The molecule has 0 atom stereocenters. The lowest BCUT2D eigenvalue weighted by Gasteiger charge is -2.00. The van der Waals surface area contributed by atoms with Crippen molar-refractivity contribution in [2.45, 2.75) is 26.2 Å². The fourth-order valence-corrected chi connectivity index (χ4v) is 3.70. The molecular weight excluding hydrogens is 332 g/mol. The van der Waals surface area contributed by atoms with Crippen LogP contribution in [0, 0.1) is 0 Å². The van der Waals surface area contributed by atoms with Gasteiger partial charge in [-0.1, -0.05) is 36.4 Å². The van der Waals surface area contributed by atoms with Crippen LogP contribution in [0.5, 0.6) is 0 Å². The summed E-state index contributed by atoms with van der Waals surface area (Å²) in [6.45, 7) is 2.02. The quantitative estimate of drug-likeness (QED) is 0.654. The van der Waals surface area contributed by atoms with E-state index in [0.717, 1.165) is 20.8 Å². The highest BCUT2D eigenvalue weighted by molar-refractivity contribution is 7.18.